The molecular weight excluding hydrogens is 200 g/mol. The van der Waals surface area contributed by atoms with Crippen LogP contribution in [-0.4, -0.2) is 27.6 Å². The normalized spacial score (nSPS) is 10.2. The van der Waals surface area contributed by atoms with Gasteiger partial charge in [-0.3, -0.25) is 10.6 Å². The van der Waals surface area contributed by atoms with E-state index in [9.17, 15) is 5.11 Å². The molecule has 0 fully saturated rings. The van der Waals surface area contributed by atoms with Crippen LogP contribution in [0.15, 0.2) is 23.3 Å². The Hall–Kier alpha value is -2.28. The molecule has 0 unspecified atom stereocenters. The van der Waals surface area contributed by atoms with Crippen molar-refractivity contribution in [2.24, 2.45) is 5.10 Å². The second-order valence-corrected chi connectivity index (χ2v) is 2.57. The first-order chi connectivity index (χ1) is 7.15. The monoisotopic (exact) mass is 210 g/mol. The molecular formula is C8H10N4O3. The van der Waals surface area contributed by atoms with Crippen molar-refractivity contribution in [3.05, 3.63) is 23.8 Å². The number of guanidine groups is 1. The highest BCUT2D eigenvalue weighted by Gasteiger charge is 2.02. The number of hydrazone groups is 1. The molecule has 0 aliphatic heterocycles. The Morgan fingerprint density at radius 1 is 1.40 bits per heavy atom. The molecule has 1 aromatic rings. The maximum atomic E-state index is 9.33. The molecule has 0 aromatic heterocycles. The van der Waals surface area contributed by atoms with Crippen LogP contribution in [0.5, 0.6) is 11.5 Å². The van der Waals surface area contributed by atoms with Crippen molar-refractivity contribution in [3.63, 3.8) is 0 Å². The third-order valence-corrected chi connectivity index (χ3v) is 1.54. The Kier molecular flexibility index (Phi) is 3.47. The van der Waals surface area contributed by atoms with Crippen LogP contribution >= 0.6 is 0 Å². The predicted molar refractivity (Wildman–Crippen MR) is 53.2 cm³/mol. The van der Waals surface area contributed by atoms with Crippen LogP contribution in [0.2, 0.25) is 0 Å². The first-order valence-corrected chi connectivity index (χ1v) is 3.94. The molecule has 7 nitrogen and oxygen atoms in total. The maximum absolute atomic E-state index is 9.33. The van der Waals surface area contributed by atoms with Gasteiger partial charge in [-0.1, -0.05) is 6.07 Å². The van der Waals surface area contributed by atoms with E-state index in [-0.39, 0.29) is 17.1 Å². The first-order valence-electron chi connectivity index (χ1n) is 3.94. The van der Waals surface area contributed by atoms with Gasteiger partial charge in [-0.05, 0) is 12.1 Å². The molecule has 0 spiro atoms. The summed E-state index contributed by atoms with van der Waals surface area (Å²) in [5, 5.41) is 37.1. The largest absolute Gasteiger partial charge is 0.504 e. The summed E-state index contributed by atoms with van der Waals surface area (Å²) in [4.78, 5) is 0. The number of hydrogen-bond acceptors (Lipinski definition) is 5. The van der Waals surface area contributed by atoms with Gasteiger partial charge in [0.2, 0.25) is 5.96 Å². The summed E-state index contributed by atoms with van der Waals surface area (Å²) >= 11 is 0. The van der Waals surface area contributed by atoms with Gasteiger partial charge in [0.05, 0.1) is 6.21 Å². The minimum Gasteiger partial charge on any atom is -0.504 e. The number of hydroxylamine groups is 1. The highest BCUT2D eigenvalue weighted by Crippen LogP contribution is 2.26. The number of nitrogens with zero attached hydrogens (tertiary/aromatic N) is 1. The first kappa shape index (κ1) is 10.8. The van der Waals surface area contributed by atoms with Crippen LogP contribution in [0.25, 0.3) is 0 Å². The quantitative estimate of drug-likeness (QED) is 0.177. The molecule has 0 amide bonds. The molecule has 1 rings (SSSR count). The lowest BCUT2D eigenvalue weighted by Crippen LogP contribution is -2.30. The Labute approximate surface area is 85.1 Å². The van der Waals surface area contributed by atoms with Crippen LogP contribution in [0, 0.1) is 5.41 Å². The lowest BCUT2D eigenvalue weighted by molar-refractivity contribution is 0.228. The lowest BCUT2D eigenvalue weighted by atomic mass is 10.2. The summed E-state index contributed by atoms with van der Waals surface area (Å²) in [5.74, 6) is -0.966. The van der Waals surface area contributed by atoms with Gasteiger partial charge >= 0.3 is 0 Å². The molecule has 6 N–H and O–H groups in total. The summed E-state index contributed by atoms with van der Waals surface area (Å²) < 4.78 is 0. The van der Waals surface area contributed by atoms with Crippen molar-refractivity contribution in [1.82, 2.24) is 10.9 Å². The molecule has 0 aliphatic rings. The average Bonchev–Trinajstić information content (AvgIpc) is 2.24. The zero-order valence-electron chi connectivity index (χ0n) is 7.60. The van der Waals surface area contributed by atoms with Crippen LogP contribution in [0.1, 0.15) is 5.56 Å². The number of para-hydroxylation sites is 1. The van der Waals surface area contributed by atoms with Gasteiger partial charge in [0.15, 0.2) is 11.5 Å². The van der Waals surface area contributed by atoms with Gasteiger partial charge in [0.1, 0.15) is 0 Å². The predicted octanol–water partition coefficient (Wildman–Crippen LogP) is -0.0651. The van der Waals surface area contributed by atoms with Crippen LogP contribution < -0.4 is 10.9 Å². The number of benzene rings is 1. The summed E-state index contributed by atoms with van der Waals surface area (Å²) in [6, 6.07) is 4.39. The maximum Gasteiger partial charge on any atom is 0.233 e. The standard InChI is InChI=1S/C8H10N4O3/c9-8(12-15)11-10-4-5-2-1-3-6(13)7(5)14/h1-4,13-15H,(H3,9,11,12)/b10-4+. The molecule has 15 heavy (non-hydrogen) atoms. The van der Waals surface area contributed by atoms with Crippen molar-refractivity contribution in [2.75, 3.05) is 0 Å². The number of phenolic OH excluding ortho intramolecular Hbond substituents is 2. The van der Waals surface area contributed by atoms with Crippen molar-refractivity contribution in [3.8, 4) is 11.5 Å². The number of rotatable bonds is 2. The fraction of sp³-hybridized carbons (Fsp3) is 0. The zero-order chi connectivity index (χ0) is 11.3. The Bertz CT molecular complexity index is 391. The topological polar surface area (TPSA) is 121 Å². The number of hydrogen-bond donors (Lipinski definition) is 6. The number of nitrogens with one attached hydrogen (secondary N) is 3. The average molecular weight is 210 g/mol. The fourth-order valence-corrected chi connectivity index (χ4v) is 0.844. The van der Waals surface area contributed by atoms with E-state index in [0.29, 0.717) is 0 Å². The Morgan fingerprint density at radius 3 is 2.80 bits per heavy atom. The number of phenols is 2. The molecule has 0 saturated heterocycles. The van der Waals surface area contributed by atoms with Gasteiger partial charge in [0.25, 0.3) is 0 Å². The summed E-state index contributed by atoms with van der Waals surface area (Å²) in [6.45, 7) is 0. The van der Waals surface area contributed by atoms with Gasteiger partial charge in [-0.25, -0.2) is 10.9 Å². The van der Waals surface area contributed by atoms with E-state index >= 15 is 0 Å². The Morgan fingerprint density at radius 2 is 2.13 bits per heavy atom. The van der Waals surface area contributed by atoms with E-state index < -0.39 is 5.96 Å². The van der Waals surface area contributed by atoms with Crippen LogP contribution in [0.4, 0.5) is 0 Å². The molecule has 0 radical (unpaired) electrons. The summed E-state index contributed by atoms with van der Waals surface area (Å²) in [6.07, 6.45) is 1.20. The molecule has 0 saturated carbocycles. The third-order valence-electron chi connectivity index (χ3n) is 1.54. The molecule has 0 aliphatic carbocycles. The fourth-order valence-electron chi connectivity index (χ4n) is 0.844. The third kappa shape index (κ3) is 2.85. The van der Waals surface area contributed by atoms with Crippen molar-refractivity contribution >= 4 is 12.2 Å². The second-order valence-electron chi connectivity index (χ2n) is 2.57. The van der Waals surface area contributed by atoms with E-state index in [2.05, 4.69) is 10.5 Å². The second kappa shape index (κ2) is 4.82. The summed E-state index contributed by atoms with van der Waals surface area (Å²) in [7, 11) is 0. The van der Waals surface area contributed by atoms with E-state index in [4.69, 9.17) is 15.7 Å². The van der Waals surface area contributed by atoms with E-state index in [1.807, 2.05) is 0 Å². The molecule has 0 heterocycles. The number of aromatic hydroxyl groups is 2. The lowest BCUT2D eigenvalue weighted by Gasteiger charge is -2.01. The summed E-state index contributed by atoms with van der Waals surface area (Å²) in [5.41, 5.74) is 3.94. The Balaban J connectivity index is 2.72. The van der Waals surface area contributed by atoms with Crippen molar-refractivity contribution in [2.45, 2.75) is 0 Å². The van der Waals surface area contributed by atoms with Gasteiger partial charge in [-0.15, -0.1) is 0 Å². The zero-order valence-corrected chi connectivity index (χ0v) is 7.60. The van der Waals surface area contributed by atoms with Gasteiger partial charge in [0, 0.05) is 5.56 Å². The minimum absolute atomic E-state index is 0.255. The van der Waals surface area contributed by atoms with Crippen LogP contribution in [0.3, 0.4) is 0 Å². The van der Waals surface area contributed by atoms with E-state index in [1.54, 1.807) is 0 Å². The molecule has 0 atom stereocenters. The van der Waals surface area contributed by atoms with Gasteiger partial charge in [-0.2, -0.15) is 5.10 Å². The highest BCUT2D eigenvalue weighted by molar-refractivity contribution is 5.86. The molecule has 80 valence electrons. The highest BCUT2D eigenvalue weighted by atomic mass is 16.5. The smallest absolute Gasteiger partial charge is 0.233 e. The van der Waals surface area contributed by atoms with Crippen molar-refractivity contribution < 1.29 is 15.4 Å². The molecule has 1 aromatic carbocycles. The molecule has 0 bridgehead atoms. The SMILES string of the molecule is N=C(NO)N/N=C/c1cccc(O)c1O. The molecule has 7 heteroatoms. The minimum atomic E-state index is -0.411. The van der Waals surface area contributed by atoms with E-state index in [0.717, 1.165) is 0 Å². The van der Waals surface area contributed by atoms with E-state index in [1.165, 1.54) is 29.9 Å². The van der Waals surface area contributed by atoms with Crippen molar-refractivity contribution in [1.29, 1.82) is 5.41 Å². The van der Waals surface area contributed by atoms with Crippen LogP contribution in [-0.2, 0) is 0 Å². The van der Waals surface area contributed by atoms with Gasteiger partial charge < -0.3 is 10.2 Å².